The number of aryl methyl sites for hydroxylation is 1. The Morgan fingerprint density at radius 2 is 1.89 bits per heavy atom. The van der Waals surface area contributed by atoms with E-state index >= 15 is 0 Å². The van der Waals surface area contributed by atoms with Gasteiger partial charge in [-0.25, -0.2) is 9.97 Å². The molecule has 4 heterocycles. The summed E-state index contributed by atoms with van der Waals surface area (Å²) < 4.78 is 2.00. The number of aromatic amines is 1. The number of carbonyl (C=O) groups excluding carboxylic acids is 1. The zero-order valence-electron chi connectivity index (χ0n) is 21.1. The first kappa shape index (κ1) is 24.0. The molecule has 6 rings (SSSR count). The Morgan fingerprint density at radius 3 is 2.59 bits per heavy atom. The molecule has 1 amide bonds. The number of anilines is 3. The molecule has 1 aliphatic heterocycles. The molecular weight excluding hydrogens is 486 g/mol. The molecule has 2 fully saturated rings. The number of hydrogen-bond donors (Lipinski definition) is 3. The van der Waals surface area contributed by atoms with Gasteiger partial charge in [-0.15, -0.1) is 0 Å². The number of fused-ring (bicyclic) bond motifs is 1. The second-order valence-corrected chi connectivity index (χ2v) is 11.0. The van der Waals surface area contributed by atoms with Gasteiger partial charge in [0.2, 0.25) is 11.9 Å². The van der Waals surface area contributed by atoms with Crippen molar-refractivity contribution in [2.75, 3.05) is 43.9 Å². The first-order valence-electron chi connectivity index (χ1n) is 12.7. The number of benzene rings is 1. The van der Waals surface area contributed by atoms with Crippen LogP contribution in [-0.4, -0.2) is 73.5 Å². The van der Waals surface area contributed by atoms with Crippen molar-refractivity contribution >= 4 is 40.8 Å². The molecule has 0 atom stereocenters. The fourth-order valence-electron chi connectivity index (χ4n) is 4.38. The Labute approximate surface area is 219 Å². The molecule has 3 N–H and O–H groups in total. The Hall–Kier alpha value is -3.41. The minimum Gasteiger partial charge on any atom is -0.326 e. The van der Waals surface area contributed by atoms with Gasteiger partial charge < -0.3 is 15.5 Å². The number of carbonyl (C=O) groups is 1. The number of amides is 1. The highest BCUT2D eigenvalue weighted by molar-refractivity contribution is 7.99. The summed E-state index contributed by atoms with van der Waals surface area (Å²) in [6.45, 7) is 7.01. The molecule has 3 aromatic heterocycles. The molecule has 192 valence electrons. The number of nitrogens with zero attached hydrogens (tertiary/aromatic N) is 6. The lowest BCUT2D eigenvalue weighted by Crippen LogP contribution is -2.43. The van der Waals surface area contributed by atoms with E-state index in [1.165, 1.54) is 0 Å². The van der Waals surface area contributed by atoms with Gasteiger partial charge in [0, 0.05) is 73.2 Å². The summed E-state index contributed by atoms with van der Waals surface area (Å²) in [5, 5.41) is 14.5. The maximum atomic E-state index is 12.1. The minimum atomic E-state index is 0.114. The van der Waals surface area contributed by atoms with Crippen molar-refractivity contribution in [1.29, 1.82) is 0 Å². The summed E-state index contributed by atoms with van der Waals surface area (Å²) >= 11 is 1.56. The van der Waals surface area contributed by atoms with Crippen molar-refractivity contribution in [2.24, 2.45) is 5.92 Å². The molecule has 1 saturated heterocycles. The highest BCUT2D eigenvalue weighted by Gasteiger charge is 2.29. The molecule has 10 nitrogen and oxygen atoms in total. The van der Waals surface area contributed by atoms with Gasteiger partial charge in [0.05, 0.1) is 5.69 Å². The number of nitrogens with one attached hydrogen (secondary N) is 3. The molecule has 2 aliphatic rings. The van der Waals surface area contributed by atoms with Crippen LogP contribution in [0, 0.1) is 12.8 Å². The number of likely N-dealkylation sites (N-methyl/N-ethyl adjacent to an activating group) is 1. The van der Waals surface area contributed by atoms with Crippen LogP contribution in [0.2, 0.25) is 0 Å². The fourth-order valence-corrected chi connectivity index (χ4v) is 5.19. The van der Waals surface area contributed by atoms with Crippen molar-refractivity contribution in [3.63, 3.8) is 0 Å². The quantitative estimate of drug-likeness (QED) is 0.304. The first-order chi connectivity index (χ1) is 18.0. The normalized spacial score (nSPS) is 16.8. The lowest BCUT2D eigenvalue weighted by atomic mass is 10.3. The average Bonchev–Trinajstić information content (AvgIpc) is 3.54. The average molecular weight is 518 g/mol. The van der Waals surface area contributed by atoms with Crippen LogP contribution in [0.25, 0.3) is 5.65 Å². The number of aromatic nitrogens is 5. The van der Waals surface area contributed by atoms with E-state index < -0.39 is 0 Å². The predicted molar refractivity (Wildman–Crippen MR) is 144 cm³/mol. The fraction of sp³-hybridized carbons (Fsp3) is 0.385. The van der Waals surface area contributed by atoms with E-state index in [0.717, 1.165) is 78.2 Å². The molecule has 37 heavy (non-hydrogen) atoms. The number of imidazole rings is 1. The molecule has 0 radical (unpaired) electrons. The van der Waals surface area contributed by atoms with Crippen LogP contribution in [0.1, 0.15) is 24.2 Å². The SMILES string of the molecule is Cc1cc(Nc2nc(Sc3ccc(NC(=O)C4CC4)cc3)cc3nc(CN4CCN(C)CC4)cn23)n[nH]1. The maximum Gasteiger partial charge on any atom is 0.227 e. The zero-order valence-corrected chi connectivity index (χ0v) is 21.9. The second-order valence-electron chi connectivity index (χ2n) is 9.91. The summed E-state index contributed by atoms with van der Waals surface area (Å²) in [5.41, 5.74) is 3.65. The lowest BCUT2D eigenvalue weighted by Gasteiger charge is -2.31. The van der Waals surface area contributed by atoms with Gasteiger partial charge in [0.25, 0.3) is 0 Å². The summed E-state index contributed by atoms with van der Waals surface area (Å²) in [6, 6.07) is 11.9. The van der Waals surface area contributed by atoms with Crippen LogP contribution in [0.15, 0.2) is 52.5 Å². The van der Waals surface area contributed by atoms with E-state index in [0.29, 0.717) is 11.8 Å². The van der Waals surface area contributed by atoms with Gasteiger partial charge in [-0.3, -0.25) is 19.2 Å². The monoisotopic (exact) mass is 517 g/mol. The van der Waals surface area contributed by atoms with E-state index in [2.05, 4.69) is 43.9 Å². The van der Waals surface area contributed by atoms with Gasteiger partial charge in [-0.2, -0.15) is 5.10 Å². The van der Waals surface area contributed by atoms with Crippen LogP contribution in [0.3, 0.4) is 0 Å². The second kappa shape index (κ2) is 10.2. The predicted octanol–water partition coefficient (Wildman–Crippen LogP) is 3.75. The van der Waals surface area contributed by atoms with Crippen molar-refractivity contribution in [3.8, 4) is 0 Å². The molecule has 1 aliphatic carbocycles. The van der Waals surface area contributed by atoms with Crippen LogP contribution in [0.5, 0.6) is 0 Å². The van der Waals surface area contributed by atoms with Gasteiger partial charge in [0.1, 0.15) is 10.7 Å². The molecule has 0 unspecified atom stereocenters. The lowest BCUT2D eigenvalue weighted by molar-refractivity contribution is -0.117. The highest BCUT2D eigenvalue weighted by Crippen LogP contribution is 2.32. The number of piperazine rings is 1. The van der Waals surface area contributed by atoms with Crippen LogP contribution in [0.4, 0.5) is 17.5 Å². The Morgan fingerprint density at radius 1 is 1.11 bits per heavy atom. The summed E-state index contributed by atoms with van der Waals surface area (Å²) in [4.78, 5) is 27.7. The van der Waals surface area contributed by atoms with Gasteiger partial charge in [-0.1, -0.05) is 11.8 Å². The minimum absolute atomic E-state index is 0.114. The first-order valence-corrected chi connectivity index (χ1v) is 13.5. The molecule has 1 aromatic carbocycles. The molecule has 11 heteroatoms. The summed E-state index contributed by atoms with van der Waals surface area (Å²) in [5.74, 6) is 1.67. The third-order valence-corrected chi connectivity index (χ3v) is 7.63. The smallest absolute Gasteiger partial charge is 0.227 e. The van der Waals surface area contributed by atoms with E-state index in [1.807, 2.05) is 47.7 Å². The molecular formula is C26H31N9OS. The largest absolute Gasteiger partial charge is 0.326 e. The summed E-state index contributed by atoms with van der Waals surface area (Å²) in [7, 11) is 2.17. The molecule has 4 aromatic rings. The third kappa shape index (κ3) is 5.79. The third-order valence-electron chi connectivity index (χ3n) is 6.70. The van der Waals surface area contributed by atoms with E-state index in [-0.39, 0.29) is 11.8 Å². The maximum absolute atomic E-state index is 12.1. The van der Waals surface area contributed by atoms with E-state index in [1.54, 1.807) is 11.8 Å². The van der Waals surface area contributed by atoms with Crippen LogP contribution in [-0.2, 0) is 11.3 Å². The zero-order chi connectivity index (χ0) is 25.4. The Kier molecular flexibility index (Phi) is 6.58. The Bertz CT molecular complexity index is 1400. The van der Waals surface area contributed by atoms with E-state index in [4.69, 9.17) is 9.97 Å². The van der Waals surface area contributed by atoms with E-state index in [9.17, 15) is 4.79 Å². The molecule has 0 bridgehead atoms. The van der Waals surface area contributed by atoms with Gasteiger partial charge >= 0.3 is 0 Å². The van der Waals surface area contributed by atoms with Crippen molar-refractivity contribution in [1.82, 2.24) is 34.4 Å². The number of H-pyrrole nitrogens is 1. The van der Waals surface area contributed by atoms with Gasteiger partial charge in [0.15, 0.2) is 5.82 Å². The standard InChI is InChI=1S/C26H31N9OS/c1-17-13-22(32-31-17)29-26-30-24(37-21-7-5-19(6-8-21)28-25(36)18-3-4-18)14-23-27-20(16-35(23)26)15-34-11-9-33(2)10-12-34/h5-8,13-14,16,18H,3-4,9-12,15H2,1-2H3,(H,28,36)(H2,29,30,31,32). The number of hydrogen-bond acceptors (Lipinski definition) is 8. The number of rotatable bonds is 8. The van der Waals surface area contributed by atoms with Crippen molar-refractivity contribution < 1.29 is 4.79 Å². The molecule has 0 spiro atoms. The highest BCUT2D eigenvalue weighted by atomic mass is 32.2. The van der Waals surface area contributed by atoms with Gasteiger partial charge in [-0.05, 0) is 51.1 Å². The van der Waals surface area contributed by atoms with Crippen LogP contribution >= 0.6 is 11.8 Å². The molecule has 1 saturated carbocycles. The Balaban J connectivity index is 1.24. The topological polar surface area (TPSA) is 106 Å². The van der Waals surface area contributed by atoms with Crippen LogP contribution < -0.4 is 10.6 Å². The summed E-state index contributed by atoms with van der Waals surface area (Å²) in [6.07, 6.45) is 4.05. The van der Waals surface area contributed by atoms with Crippen molar-refractivity contribution in [3.05, 3.63) is 54.0 Å². The van der Waals surface area contributed by atoms with Crippen molar-refractivity contribution in [2.45, 2.75) is 36.2 Å².